The van der Waals surface area contributed by atoms with Gasteiger partial charge in [0, 0.05) is 19.8 Å². The lowest BCUT2D eigenvalue weighted by Crippen LogP contribution is -2.52. The number of nitriles is 1. The Hall–Kier alpha value is -3.66. The Morgan fingerprint density at radius 1 is 0.929 bits per heavy atom. The number of nitrogens with zero attached hydrogens (tertiary/aromatic N) is 1. The molecule has 0 fully saturated rings. The molecule has 0 heterocycles. The highest BCUT2D eigenvalue weighted by Crippen LogP contribution is 2.08. The molecule has 0 saturated carbocycles. The van der Waals surface area contributed by atoms with Crippen molar-refractivity contribution in [2.24, 2.45) is 0 Å². The Kier molecular flexibility index (Phi) is 7.28. The van der Waals surface area contributed by atoms with Crippen LogP contribution in [-0.4, -0.2) is 35.0 Å². The van der Waals surface area contributed by atoms with Crippen molar-refractivity contribution in [1.82, 2.24) is 10.6 Å². The highest BCUT2D eigenvalue weighted by Gasteiger charge is 2.26. The molecule has 2 aromatic carbocycles. The normalized spacial score (nSPS) is 12.3. The number of amides is 2. The van der Waals surface area contributed by atoms with E-state index in [2.05, 4.69) is 10.6 Å². The first-order valence-electron chi connectivity index (χ1n) is 8.72. The van der Waals surface area contributed by atoms with E-state index in [1.54, 1.807) is 24.3 Å². The minimum atomic E-state index is -1.18. The highest BCUT2D eigenvalue weighted by atomic mass is 16.4. The number of rotatable bonds is 8. The molecule has 0 bridgehead atoms. The summed E-state index contributed by atoms with van der Waals surface area (Å²) >= 11 is 0. The van der Waals surface area contributed by atoms with E-state index in [-0.39, 0.29) is 18.7 Å². The largest absolute Gasteiger partial charge is 0.480 e. The second-order valence-corrected chi connectivity index (χ2v) is 6.36. The maximum atomic E-state index is 12.7. The second-order valence-electron chi connectivity index (χ2n) is 6.36. The SMILES string of the molecule is CC(=O)N[C@H](Cc1ccccc1)C(=O)N[C@@H](Cc1ccc(C#N)cc1)C(=O)O. The molecule has 0 aliphatic rings. The number of hydrogen-bond acceptors (Lipinski definition) is 4. The number of carboxylic acids is 1. The Morgan fingerprint density at radius 3 is 2.04 bits per heavy atom. The van der Waals surface area contributed by atoms with Gasteiger partial charge < -0.3 is 15.7 Å². The zero-order valence-electron chi connectivity index (χ0n) is 15.4. The molecule has 2 amide bonds. The maximum absolute atomic E-state index is 12.7. The Labute approximate surface area is 163 Å². The Bertz CT molecular complexity index is 873. The van der Waals surface area contributed by atoms with E-state index in [4.69, 9.17) is 5.26 Å². The predicted molar refractivity (Wildman–Crippen MR) is 102 cm³/mol. The van der Waals surface area contributed by atoms with Gasteiger partial charge in [-0.05, 0) is 23.3 Å². The summed E-state index contributed by atoms with van der Waals surface area (Å²) < 4.78 is 0. The van der Waals surface area contributed by atoms with E-state index in [1.165, 1.54) is 6.92 Å². The number of nitrogens with one attached hydrogen (secondary N) is 2. The van der Waals surface area contributed by atoms with Crippen LogP contribution in [0.3, 0.4) is 0 Å². The van der Waals surface area contributed by atoms with Gasteiger partial charge in [-0.1, -0.05) is 42.5 Å². The zero-order chi connectivity index (χ0) is 20.5. The Morgan fingerprint density at radius 2 is 1.50 bits per heavy atom. The molecule has 144 valence electrons. The van der Waals surface area contributed by atoms with Gasteiger partial charge in [-0.25, -0.2) is 4.79 Å². The first kappa shape index (κ1) is 20.6. The van der Waals surface area contributed by atoms with Crippen LogP contribution in [0.1, 0.15) is 23.6 Å². The molecule has 2 rings (SSSR count). The van der Waals surface area contributed by atoms with Crippen LogP contribution in [0.4, 0.5) is 0 Å². The number of carbonyl (C=O) groups is 3. The highest BCUT2D eigenvalue weighted by molar-refractivity contribution is 5.90. The van der Waals surface area contributed by atoms with Gasteiger partial charge in [0.2, 0.25) is 11.8 Å². The first-order chi connectivity index (χ1) is 13.4. The molecule has 28 heavy (non-hydrogen) atoms. The van der Waals surface area contributed by atoms with Crippen LogP contribution in [0.2, 0.25) is 0 Å². The fraction of sp³-hybridized carbons (Fsp3) is 0.238. The van der Waals surface area contributed by atoms with Crippen LogP contribution in [0.5, 0.6) is 0 Å². The predicted octanol–water partition coefficient (Wildman–Crippen LogP) is 1.42. The van der Waals surface area contributed by atoms with Crippen molar-refractivity contribution in [3.05, 3.63) is 71.3 Å². The van der Waals surface area contributed by atoms with Crippen molar-refractivity contribution in [1.29, 1.82) is 5.26 Å². The second kappa shape index (κ2) is 9.88. The average Bonchev–Trinajstić information content (AvgIpc) is 2.67. The third kappa shape index (κ3) is 6.25. The van der Waals surface area contributed by atoms with Gasteiger partial charge >= 0.3 is 5.97 Å². The molecule has 0 spiro atoms. The summed E-state index contributed by atoms with van der Waals surface area (Å²) in [4.78, 5) is 35.8. The van der Waals surface area contributed by atoms with Crippen LogP contribution in [0.25, 0.3) is 0 Å². The molecule has 0 aliphatic heterocycles. The van der Waals surface area contributed by atoms with Crippen molar-refractivity contribution >= 4 is 17.8 Å². The summed E-state index contributed by atoms with van der Waals surface area (Å²) in [5.74, 6) is -2.13. The monoisotopic (exact) mass is 379 g/mol. The lowest BCUT2D eigenvalue weighted by atomic mass is 10.0. The van der Waals surface area contributed by atoms with Gasteiger partial charge in [-0.15, -0.1) is 0 Å². The van der Waals surface area contributed by atoms with Gasteiger partial charge in [0.25, 0.3) is 0 Å². The lowest BCUT2D eigenvalue weighted by Gasteiger charge is -2.21. The van der Waals surface area contributed by atoms with Crippen LogP contribution in [0.15, 0.2) is 54.6 Å². The molecule has 0 aromatic heterocycles. The molecule has 0 radical (unpaired) electrons. The fourth-order valence-corrected chi connectivity index (χ4v) is 2.73. The van der Waals surface area contributed by atoms with E-state index in [1.807, 2.05) is 36.4 Å². The topological polar surface area (TPSA) is 119 Å². The van der Waals surface area contributed by atoms with Gasteiger partial charge in [-0.2, -0.15) is 5.26 Å². The lowest BCUT2D eigenvalue weighted by molar-refractivity contribution is -0.142. The van der Waals surface area contributed by atoms with E-state index in [0.717, 1.165) is 5.56 Å². The summed E-state index contributed by atoms with van der Waals surface area (Å²) in [5.41, 5.74) is 1.98. The quantitative estimate of drug-likeness (QED) is 0.641. The molecule has 0 saturated heterocycles. The third-order valence-electron chi connectivity index (χ3n) is 4.11. The molecule has 7 nitrogen and oxygen atoms in total. The number of aliphatic carboxylic acids is 1. The summed E-state index contributed by atoms with van der Waals surface area (Å²) in [5, 5.41) is 23.4. The Balaban J connectivity index is 2.11. The molecule has 7 heteroatoms. The van der Waals surface area contributed by atoms with Crippen molar-refractivity contribution in [3.63, 3.8) is 0 Å². The minimum absolute atomic E-state index is 0.0604. The summed E-state index contributed by atoms with van der Waals surface area (Å²) in [6, 6.07) is 15.6. The van der Waals surface area contributed by atoms with Crippen molar-refractivity contribution in [2.75, 3.05) is 0 Å². The maximum Gasteiger partial charge on any atom is 0.326 e. The van der Waals surface area contributed by atoms with Crippen LogP contribution in [-0.2, 0) is 27.2 Å². The van der Waals surface area contributed by atoms with Gasteiger partial charge in [-0.3, -0.25) is 9.59 Å². The molecular weight excluding hydrogens is 358 g/mol. The summed E-state index contributed by atoms with van der Waals surface area (Å²) in [6.45, 7) is 1.30. The van der Waals surface area contributed by atoms with Crippen LogP contribution < -0.4 is 10.6 Å². The van der Waals surface area contributed by atoms with E-state index in [0.29, 0.717) is 11.1 Å². The molecule has 2 atom stereocenters. The van der Waals surface area contributed by atoms with Crippen LogP contribution in [0, 0.1) is 11.3 Å². The van der Waals surface area contributed by atoms with Gasteiger partial charge in [0.15, 0.2) is 0 Å². The zero-order valence-corrected chi connectivity index (χ0v) is 15.4. The standard InChI is InChI=1S/C21H21N3O4/c1-14(25)23-18(11-15-5-3-2-4-6-15)20(26)24-19(21(27)28)12-16-7-9-17(13-22)10-8-16/h2-10,18-19H,11-12H2,1H3,(H,23,25)(H,24,26)(H,27,28)/t18-,19+/m1/s1. The number of carbonyl (C=O) groups excluding carboxylic acids is 2. The van der Waals surface area contributed by atoms with Crippen molar-refractivity contribution < 1.29 is 19.5 Å². The summed E-state index contributed by atoms with van der Waals surface area (Å²) in [7, 11) is 0. The van der Waals surface area contributed by atoms with E-state index < -0.39 is 24.0 Å². The molecular formula is C21H21N3O4. The van der Waals surface area contributed by atoms with Crippen molar-refractivity contribution in [2.45, 2.75) is 31.8 Å². The average molecular weight is 379 g/mol. The number of carboxylic acid groups (broad SMARTS) is 1. The molecule has 2 aromatic rings. The molecule has 0 aliphatic carbocycles. The molecule has 0 unspecified atom stereocenters. The number of hydrogen-bond donors (Lipinski definition) is 3. The molecule has 3 N–H and O–H groups in total. The van der Waals surface area contributed by atoms with Gasteiger partial charge in [0.05, 0.1) is 11.6 Å². The van der Waals surface area contributed by atoms with Gasteiger partial charge in [0.1, 0.15) is 12.1 Å². The van der Waals surface area contributed by atoms with E-state index >= 15 is 0 Å². The van der Waals surface area contributed by atoms with E-state index in [9.17, 15) is 19.5 Å². The third-order valence-corrected chi connectivity index (χ3v) is 4.11. The van der Waals surface area contributed by atoms with Crippen LogP contribution >= 0.6 is 0 Å². The minimum Gasteiger partial charge on any atom is -0.480 e. The number of benzene rings is 2. The smallest absolute Gasteiger partial charge is 0.326 e. The summed E-state index contributed by atoms with van der Waals surface area (Å²) in [6.07, 6.45) is 0.306. The fourth-order valence-electron chi connectivity index (χ4n) is 2.73. The van der Waals surface area contributed by atoms with Crippen molar-refractivity contribution in [3.8, 4) is 6.07 Å². The first-order valence-corrected chi connectivity index (χ1v) is 8.72.